The highest BCUT2D eigenvalue weighted by Gasteiger charge is 2.36. The molecule has 190 valence electrons. The minimum Gasteiger partial charge on any atom is -0.506 e. The maximum atomic E-state index is 12.6. The van der Waals surface area contributed by atoms with E-state index in [9.17, 15) is 19.8 Å². The topological polar surface area (TPSA) is 111 Å². The summed E-state index contributed by atoms with van der Waals surface area (Å²) in [6.45, 7) is 6.54. The van der Waals surface area contributed by atoms with Crippen molar-refractivity contribution in [3.8, 4) is 17.2 Å². The molecule has 1 aliphatic heterocycles. The van der Waals surface area contributed by atoms with Crippen molar-refractivity contribution in [3.05, 3.63) is 44.1 Å². The molecule has 1 saturated heterocycles. The van der Waals surface area contributed by atoms with Crippen LogP contribution in [0.4, 0.5) is 4.79 Å². The largest absolute Gasteiger partial charge is 0.506 e. The third-order valence-electron chi connectivity index (χ3n) is 4.56. The molecule has 0 aliphatic carbocycles. The number of rotatable bonds is 8. The highest BCUT2D eigenvalue weighted by molar-refractivity contribution is 14.1. The summed E-state index contributed by atoms with van der Waals surface area (Å²) < 4.78 is 14.5. The van der Waals surface area contributed by atoms with Gasteiger partial charge < -0.3 is 19.7 Å². The van der Waals surface area contributed by atoms with Crippen LogP contribution in [0.2, 0.25) is 0 Å². The second kappa shape index (κ2) is 12.0. The van der Waals surface area contributed by atoms with E-state index in [-0.39, 0.29) is 12.2 Å². The number of carboxylic acids is 1. The maximum Gasteiger partial charge on any atom is 0.440 e. The van der Waals surface area contributed by atoms with Crippen LogP contribution in [-0.4, -0.2) is 57.1 Å². The van der Waals surface area contributed by atoms with Crippen molar-refractivity contribution in [1.82, 2.24) is 15.6 Å². The number of ether oxygens (including phenoxy) is 2. The van der Waals surface area contributed by atoms with Crippen LogP contribution in [0.25, 0.3) is 0 Å². The molecule has 3 rings (SSSR count). The molecule has 1 heterocycles. The Morgan fingerprint density at radius 2 is 1.60 bits per heavy atom. The number of nitrogens with one attached hydrogen (secondary N) is 1. The van der Waals surface area contributed by atoms with Gasteiger partial charge in [0, 0.05) is 19.5 Å². The Labute approximate surface area is 257 Å². The van der Waals surface area contributed by atoms with Crippen molar-refractivity contribution in [2.24, 2.45) is 0 Å². The second-order valence-electron chi connectivity index (χ2n) is 8.70. The van der Waals surface area contributed by atoms with E-state index < -0.39 is 23.7 Å². The first-order chi connectivity index (χ1) is 16.2. The van der Waals surface area contributed by atoms with Gasteiger partial charge in [0.2, 0.25) is 0 Å². The Balaban J connectivity index is 1.78. The molecule has 0 saturated carbocycles. The SMILES string of the molecule is CC(C)(C)OC(=O)N(N[C@@H](Cc1cc(I)c(Oc2cc(I)c(O)c(I)c2)c(I)c1)C(=O)O)N1CC1. The van der Waals surface area contributed by atoms with Crippen molar-refractivity contribution in [2.75, 3.05) is 13.1 Å². The number of amides is 1. The number of phenols is 1. The summed E-state index contributed by atoms with van der Waals surface area (Å²) in [4.78, 5) is 24.7. The minimum absolute atomic E-state index is 0.143. The molecule has 2 aromatic rings. The maximum absolute atomic E-state index is 12.6. The minimum atomic E-state index is -1.08. The molecule has 0 radical (unpaired) electrons. The Hall–Kier alpha value is -0.380. The molecule has 9 nitrogen and oxygen atoms in total. The zero-order valence-electron chi connectivity index (χ0n) is 18.9. The number of hydrogen-bond acceptors (Lipinski definition) is 7. The van der Waals surface area contributed by atoms with E-state index in [4.69, 9.17) is 9.47 Å². The van der Waals surface area contributed by atoms with Gasteiger partial charge in [0.15, 0.2) is 5.75 Å². The van der Waals surface area contributed by atoms with Gasteiger partial charge in [-0.2, -0.15) is 15.6 Å². The van der Waals surface area contributed by atoms with E-state index in [1.807, 2.05) is 57.3 Å². The lowest BCUT2D eigenvalue weighted by Gasteiger charge is -2.30. The molecule has 2 aromatic carbocycles. The van der Waals surface area contributed by atoms with Crippen molar-refractivity contribution >= 4 is 102 Å². The van der Waals surface area contributed by atoms with Crippen molar-refractivity contribution < 1.29 is 29.3 Å². The zero-order chi connectivity index (χ0) is 26.1. The molecule has 3 N–H and O–H groups in total. The van der Waals surface area contributed by atoms with Gasteiger partial charge in [0.25, 0.3) is 0 Å². The lowest BCUT2D eigenvalue weighted by molar-refractivity contribution is -0.142. The lowest BCUT2D eigenvalue weighted by atomic mass is 10.1. The smallest absolute Gasteiger partial charge is 0.440 e. The fourth-order valence-corrected chi connectivity index (χ4v) is 6.75. The van der Waals surface area contributed by atoms with E-state index in [0.29, 0.717) is 31.7 Å². The van der Waals surface area contributed by atoms with Crippen LogP contribution in [0.3, 0.4) is 0 Å². The highest BCUT2D eigenvalue weighted by atomic mass is 127. The average molecular weight is 933 g/mol. The molecule has 0 aromatic heterocycles. The summed E-state index contributed by atoms with van der Waals surface area (Å²) >= 11 is 8.41. The number of hydrogen-bond donors (Lipinski definition) is 3. The summed E-state index contributed by atoms with van der Waals surface area (Å²) in [7, 11) is 0. The molecule has 0 unspecified atom stereocenters. The van der Waals surface area contributed by atoms with Gasteiger partial charge in [0.1, 0.15) is 23.1 Å². The molecule has 13 heteroatoms. The quantitative estimate of drug-likeness (QED) is 0.179. The Bertz CT molecular complexity index is 1090. The molecule has 1 amide bonds. The van der Waals surface area contributed by atoms with E-state index in [1.54, 1.807) is 37.9 Å². The predicted molar refractivity (Wildman–Crippen MR) is 163 cm³/mol. The predicted octanol–water partition coefficient (Wildman–Crippen LogP) is 5.57. The summed E-state index contributed by atoms with van der Waals surface area (Å²) in [6, 6.07) is 6.17. The third-order valence-corrected chi connectivity index (χ3v) is 7.80. The van der Waals surface area contributed by atoms with Gasteiger partial charge in [-0.05, 0) is 141 Å². The standard InChI is InChI=1S/C22H23I4N3O6/c1-22(2,3)35-21(33)29(28-4-5-28)27-17(20(31)32)8-11-6-15(25)19(16(26)7-11)34-12-9-13(23)18(30)14(24)10-12/h6-7,9-10,17,27,30H,4-5,8H2,1-3H3,(H,31,32)/t17-/m0/s1. The number of carboxylic acid groups (broad SMARTS) is 1. The van der Waals surface area contributed by atoms with Crippen LogP contribution in [0, 0.1) is 14.3 Å². The third kappa shape index (κ3) is 8.30. The van der Waals surface area contributed by atoms with Gasteiger partial charge in [-0.1, -0.05) is 0 Å². The van der Waals surface area contributed by atoms with E-state index in [2.05, 4.69) is 50.6 Å². The van der Waals surface area contributed by atoms with Crippen LogP contribution in [-0.2, 0) is 16.0 Å². The first-order valence-electron chi connectivity index (χ1n) is 10.4. The Kier molecular flexibility index (Phi) is 10.00. The molecule has 35 heavy (non-hydrogen) atoms. The van der Waals surface area contributed by atoms with Crippen LogP contribution < -0.4 is 10.2 Å². The zero-order valence-corrected chi connectivity index (χ0v) is 27.6. The van der Waals surface area contributed by atoms with Crippen LogP contribution in [0.5, 0.6) is 17.2 Å². The Morgan fingerprint density at radius 1 is 1.06 bits per heavy atom. The van der Waals surface area contributed by atoms with Gasteiger partial charge >= 0.3 is 12.1 Å². The van der Waals surface area contributed by atoms with Crippen LogP contribution in [0.1, 0.15) is 26.3 Å². The van der Waals surface area contributed by atoms with Gasteiger partial charge in [0.05, 0.1) is 14.3 Å². The van der Waals surface area contributed by atoms with E-state index in [0.717, 1.165) is 17.8 Å². The monoisotopic (exact) mass is 933 g/mol. The van der Waals surface area contributed by atoms with Crippen molar-refractivity contribution in [1.29, 1.82) is 0 Å². The number of carbonyl (C=O) groups is 2. The molecule has 0 spiro atoms. The molecule has 1 fully saturated rings. The van der Waals surface area contributed by atoms with Crippen LogP contribution >= 0.6 is 90.4 Å². The number of nitrogens with zero attached hydrogens (tertiary/aromatic N) is 2. The fraction of sp³-hybridized carbons (Fsp3) is 0.364. The normalized spacial score (nSPS) is 14.4. The Morgan fingerprint density at radius 3 is 2.06 bits per heavy atom. The number of halogens is 4. The summed E-state index contributed by atoms with van der Waals surface area (Å²) in [6.07, 6.45) is -0.503. The molecular weight excluding hydrogens is 910 g/mol. The number of hydrazine groups is 2. The molecule has 1 atom stereocenters. The number of benzene rings is 2. The second-order valence-corrected chi connectivity index (χ2v) is 13.3. The molecular formula is C22H23I4N3O6. The fourth-order valence-electron chi connectivity index (χ4n) is 2.92. The first-order valence-corrected chi connectivity index (χ1v) is 14.7. The van der Waals surface area contributed by atoms with Crippen LogP contribution in [0.15, 0.2) is 24.3 Å². The van der Waals surface area contributed by atoms with Gasteiger partial charge in [-0.25, -0.2) is 4.79 Å². The summed E-state index contributed by atoms with van der Waals surface area (Å²) in [5.41, 5.74) is 2.89. The van der Waals surface area contributed by atoms with Gasteiger partial charge in [-0.3, -0.25) is 4.79 Å². The lowest BCUT2D eigenvalue weighted by Crippen LogP contribution is -2.55. The first kappa shape index (κ1) is 29.2. The highest BCUT2D eigenvalue weighted by Crippen LogP contribution is 2.37. The number of aromatic hydroxyl groups is 1. The van der Waals surface area contributed by atoms with E-state index in [1.165, 1.54) is 0 Å². The van der Waals surface area contributed by atoms with Crippen molar-refractivity contribution in [3.63, 3.8) is 0 Å². The van der Waals surface area contributed by atoms with E-state index >= 15 is 0 Å². The summed E-state index contributed by atoms with van der Waals surface area (Å²) in [5, 5.41) is 22.7. The van der Waals surface area contributed by atoms with Gasteiger partial charge in [-0.15, -0.1) is 0 Å². The number of aliphatic carboxylic acids is 1. The number of carbonyl (C=O) groups excluding carboxylic acids is 1. The molecule has 1 aliphatic rings. The number of phenolic OH excluding ortho intramolecular Hbond substituents is 1. The summed E-state index contributed by atoms with van der Waals surface area (Å²) in [5.74, 6) is 0.371. The molecule has 0 bridgehead atoms. The average Bonchev–Trinajstić information content (AvgIpc) is 3.55. The van der Waals surface area contributed by atoms with Crippen molar-refractivity contribution in [2.45, 2.75) is 38.8 Å².